The number of ether oxygens (including phenoxy) is 1. The number of esters is 1. The van der Waals surface area contributed by atoms with Gasteiger partial charge in [0.15, 0.2) is 0 Å². The highest BCUT2D eigenvalue weighted by atomic mass is 32.2. The Labute approximate surface area is 114 Å². The Morgan fingerprint density at radius 3 is 3.05 bits per heavy atom. The highest BCUT2D eigenvalue weighted by Gasteiger charge is 2.11. The second-order valence-corrected chi connectivity index (χ2v) is 4.63. The lowest BCUT2D eigenvalue weighted by atomic mass is 10.4. The molecule has 0 aliphatic rings. The van der Waals surface area contributed by atoms with Crippen molar-refractivity contribution in [1.29, 1.82) is 0 Å². The molecular weight excluding hydrogens is 268 g/mol. The maximum atomic E-state index is 11.2. The van der Waals surface area contributed by atoms with Gasteiger partial charge in [-0.25, -0.2) is 4.68 Å². The van der Waals surface area contributed by atoms with Gasteiger partial charge in [-0.1, -0.05) is 11.8 Å². The molecule has 2 aromatic rings. The molecule has 0 saturated heterocycles. The molecule has 0 radical (unpaired) electrons. The number of aryl methyl sites for hydroxylation is 1. The minimum Gasteiger partial charge on any atom is -0.468 e. The molecule has 2 heterocycles. The number of carbonyl (C=O) groups excluding carboxylic acids is 1. The van der Waals surface area contributed by atoms with Crippen molar-refractivity contribution in [2.75, 3.05) is 7.11 Å². The predicted molar refractivity (Wildman–Crippen MR) is 67.3 cm³/mol. The molecule has 2 aromatic heterocycles. The van der Waals surface area contributed by atoms with Crippen LogP contribution in [0.25, 0.3) is 0 Å². The standard InChI is InChI=1S/C10H14N6O2S/c1-3-15-5-8(4-11-15)7-19-10-12-13-14-16(10)6-9(17)18-2/h4-5H,3,6-7H2,1-2H3. The van der Waals surface area contributed by atoms with E-state index in [4.69, 9.17) is 0 Å². The summed E-state index contributed by atoms with van der Waals surface area (Å²) in [6, 6.07) is 0. The van der Waals surface area contributed by atoms with Gasteiger partial charge in [0, 0.05) is 24.1 Å². The van der Waals surface area contributed by atoms with E-state index in [1.54, 1.807) is 0 Å². The van der Waals surface area contributed by atoms with Crippen LogP contribution in [-0.2, 0) is 28.4 Å². The highest BCUT2D eigenvalue weighted by molar-refractivity contribution is 7.98. The van der Waals surface area contributed by atoms with Crippen molar-refractivity contribution in [3.63, 3.8) is 0 Å². The Bertz CT molecular complexity index is 552. The van der Waals surface area contributed by atoms with Gasteiger partial charge in [-0.3, -0.25) is 9.48 Å². The first-order valence-corrected chi connectivity index (χ1v) is 6.68. The fourth-order valence-corrected chi connectivity index (χ4v) is 2.18. The summed E-state index contributed by atoms with van der Waals surface area (Å²) in [4.78, 5) is 11.2. The van der Waals surface area contributed by atoms with Gasteiger partial charge in [0.1, 0.15) is 6.54 Å². The van der Waals surface area contributed by atoms with Gasteiger partial charge < -0.3 is 4.74 Å². The molecule has 9 heteroatoms. The molecule has 0 spiro atoms. The number of rotatable bonds is 6. The second-order valence-electron chi connectivity index (χ2n) is 3.69. The summed E-state index contributed by atoms with van der Waals surface area (Å²) in [5, 5.41) is 16.0. The molecule has 0 bridgehead atoms. The molecule has 8 nitrogen and oxygen atoms in total. The fourth-order valence-electron chi connectivity index (χ4n) is 1.39. The predicted octanol–water partition coefficient (Wildman–Crippen LogP) is 0.355. The Morgan fingerprint density at radius 2 is 2.37 bits per heavy atom. The van der Waals surface area contributed by atoms with Gasteiger partial charge in [0.2, 0.25) is 5.16 Å². The molecule has 0 amide bonds. The molecule has 0 fully saturated rings. The van der Waals surface area contributed by atoms with Crippen molar-refractivity contribution in [2.24, 2.45) is 0 Å². The van der Waals surface area contributed by atoms with Crippen LogP contribution in [0.2, 0.25) is 0 Å². The van der Waals surface area contributed by atoms with Crippen molar-refractivity contribution < 1.29 is 9.53 Å². The summed E-state index contributed by atoms with van der Waals surface area (Å²) in [5.41, 5.74) is 1.08. The van der Waals surface area contributed by atoms with Crippen LogP contribution in [-0.4, -0.2) is 43.1 Å². The number of thioether (sulfide) groups is 1. The zero-order valence-corrected chi connectivity index (χ0v) is 11.5. The summed E-state index contributed by atoms with van der Waals surface area (Å²) >= 11 is 1.45. The van der Waals surface area contributed by atoms with Crippen molar-refractivity contribution in [1.82, 2.24) is 30.0 Å². The number of tetrazole rings is 1. The highest BCUT2D eigenvalue weighted by Crippen LogP contribution is 2.19. The molecule has 0 aliphatic heterocycles. The number of methoxy groups -OCH3 is 1. The average Bonchev–Trinajstić information content (AvgIpc) is 3.05. The quantitative estimate of drug-likeness (QED) is 0.558. The number of hydrogen-bond donors (Lipinski definition) is 0. The third kappa shape index (κ3) is 3.53. The van der Waals surface area contributed by atoms with Crippen LogP contribution in [0.1, 0.15) is 12.5 Å². The van der Waals surface area contributed by atoms with Crippen LogP contribution >= 0.6 is 11.8 Å². The van der Waals surface area contributed by atoms with E-state index < -0.39 is 0 Å². The first-order valence-electron chi connectivity index (χ1n) is 5.70. The molecule has 102 valence electrons. The van der Waals surface area contributed by atoms with E-state index in [-0.39, 0.29) is 12.5 Å². The van der Waals surface area contributed by atoms with Crippen molar-refractivity contribution >= 4 is 17.7 Å². The topological polar surface area (TPSA) is 87.7 Å². The lowest BCUT2D eigenvalue weighted by molar-refractivity contribution is -0.141. The Balaban J connectivity index is 1.96. The van der Waals surface area contributed by atoms with Crippen molar-refractivity contribution in [3.8, 4) is 0 Å². The number of aromatic nitrogens is 6. The Kier molecular flexibility index (Phi) is 4.50. The zero-order chi connectivity index (χ0) is 13.7. The molecule has 0 aromatic carbocycles. The van der Waals surface area contributed by atoms with E-state index in [1.165, 1.54) is 23.6 Å². The molecule has 2 rings (SSSR count). The van der Waals surface area contributed by atoms with Crippen LogP contribution in [0.5, 0.6) is 0 Å². The van der Waals surface area contributed by atoms with E-state index in [2.05, 4.69) is 25.4 Å². The molecule has 19 heavy (non-hydrogen) atoms. The monoisotopic (exact) mass is 282 g/mol. The summed E-state index contributed by atoms with van der Waals surface area (Å²) in [6.07, 6.45) is 3.78. The second kappa shape index (κ2) is 6.32. The average molecular weight is 282 g/mol. The summed E-state index contributed by atoms with van der Waals surface area (Å²) in [5.74, 6) is 0.314. The normalized spacial score (nSPS) is 10.6. The molecular formula is C10H14N6O2S. The molecule has 0 unspecified atom stereocenters. The first kappa shape index (κ1) is 13.5. The maximum absolute atomic E-state index is 11.2. The van der Waals surface area contributed by atoms with Gasteiger partial charge >= 0.3 is 5.97 Å². The largest absolute Gasteiger partial charge is 0.468 e. The minimum absolute atomic E-state index is 0.0139. The Hall–Kier alpha value is -1.90. The van der Waals surface area contributed by atoms with Crippen LogP contribution < -0.4 is 0 Å². The van der Waals surface area contributed by atoms with Crippen LogP contribution in [0.15, 0.2) is 17.6 Å². The van der Waals surface area contributed by atoms with E-state index in [9.17, 15) is 4.79 Å². The third-order valence-electron chi connectivity index (χ3n) is 2.38. The van der Waals surface area contributed by atoms with Crippen molar-refractivity contribution in [2.45, 2.75) is 30.9 Å². The van der Waals surface area contributed by atoms with Gasteiger partial charge in [-0.2, -0.15) is 5.10 Å². The number of nitrogens with zero attached hydrogens (tertiary/aromatic N) is 6. The van der Waals surface area contributed by atoms with Crippen LogP contribution in [0.4, 0.5) is 0 Å². The molecule has 0 aliphatic carbocycles. The van der Waals surface area contributed by atoms with Crippen LogP contribution in [0, 0.1) is 0 Å². The number of carbonyl (C=O) groups is 1. The SMILES string of the molecule is CCn1cc(CSc2nnnn2CC(=O)OC)cn1. The maximum Gasteiger partial charge on any atom is 0.327 e. The lowest BCUT2D eigenvalue weighted by Gasteiger charge is -2.01. The van der Waals surface area contributed by atoms with E-state index in [0.29, 0.717) is 10.9 Å². The smallest absolute Gasteiger partial charge is 0.327 e. The van der Waals surface area contributed by atoms with Gasteiger partial charge in [-0.05, 0) is 17.4 Å². The molecule has 0 N–H and O–H groups in total. The third-order valence-corrected chi connectivity index (χ3v) is 3.41. The van der Waals surface area contributed by atoms with Gasteiger partial charge in [0.25, 0.3) is 0 Å². The minimum atomic E-state index is -0.382. The zero-order valence-electron chi connectivity index (χ0n) is 10.7. The summed E-state index contributed by atoms with van der Waals surface area (Å²) < 4.78 is 7.85. The summed E-state index contributed by atoms with van der Waals surface area (Å²) in [7, 11) is 1.33. The van der Waals surface area contributed by atoms with Gasteiger partial charge in [0.05, 0.1) is 13.3 Å². The number of hydrogen-bond acceptors (Lipinski definition) is 7. The van der Waals surface area contributed by atoms with E-state index >= 15 is 0 Å². The summed E-state index contributed by atoms with van der Waals surface area (Å²) in [6.45, 7) is 2.88. The molecule has 0 saturated carbocycles. The van der Waals surface area contributed by atoms with Crippen LogP contribution in [0.3, 0.4) is 0 Å². The van der Waals surface area contributed by atoms with Gasteiger partial charge in [-0.15, -0.1) is 5.10 Å². The molecule has 0 atom stereocenters. The lowest BCUT2D eigenvalue weighted by Crippen LogP contribution is -2.13. The Morgan fingerprint density at radius 1 is 1.53 bits per heavy atom. The van der Waals surface area contributed by atoms with E-state index in [1.807, 2.05) is 24.0 Å². The van der Waals surface area contributed by atoms with E-state index in [0.717, 1.165) is 12.1 Å². The van der Waals surface area contributed by atoms with Crippen molar-refractivity contribution in [3.05, 3.63) is 18.0 Å². The first-order chi connectivity index (χ1) is 9.22. The fraction of sp³-hybridized carbons (Fsp3) is 0.500.